The zero-order valence-corrected chi connectivity index (χ0v) is 14.0. The van der Waals surface area contributed by atoms with Crippen molar-refractivity contribution in [2.45, 2.75) is 44.6 Å². The summed E-state index contributed by atoms with van der Waals surface area (Å²) in [6.07, 6.45) is 3.50. The average Bonchev–Trinajstić information content (AvgIpc) is 2.60. The van der Waals surface area contributed by atoms with E-state index >= 15 is 0 Å². The van der Waals surface area contributed by atoms with E-state index in [-0.39, 0.29) is 30.5 Å². The molecule has 0 bridgehead atoms. The van der Waals surface area contributed by atoms with E-state index in [9.17, 15) is 19.7 Å². The minimum atomic E-state index is -0.851. The van der Waals surface area contributed by atoms with Crippen LogP contribution >= 0.6 is 0 Å². The van der Waals surface area contributed by atoms with Crippen LogP contribution in [-0.4, -0.2) is 45.9 Å². The second-order valence-corrected chi connectivity index (χ2v) is 6.12. The number of carbonyl (C=O) groups excluding carboxylic acids is 1. The van der Waals surface area contributed by atoms with Gasteiger partial charge in [-0.2, -0.15) is 0 Å². The predicted octanol–water partition coefficient (Wildman–Crippen LogP) is 2.64. The van der Waals surface area contributed by atoms with Gasteiger partial charge in [0.1, 0.15) is 5.69 Å². The van der Waals surface area contributed by atoms with Crippen molar-refractivity contribution < 1.29 is 19.6 Å². The number of likely N-dealkylation sites (tertiary alicyclic amines) is 1. The Kier molecular flexibility index (Phi) is 6.73. The molecule has 1 aliphatic rings. The number of hydrogen-bond acceptors (Lipinski definition) is 5. The largest absolute Gasteiger partial charge is 0.481 e. The molecule has 1 saturated heterocycles. The van der Waals surface area contributed by atoms with Crippen molar-refractivity contribution in [3.8, 4) is 0 Å². The molecular formula is C17H23N3O5. The number of aliphatic carboxylic acids is 1. The van der Waals surface area contributed by atoms with Gasteiger partial charge in [0.15, 0.2) is 0 Å². The predicted molar refractivity (Wildman–Crippen MR) is 92.4 cm³/mol. The number of nitro groups is 1. The number of amides is 1. The molecule has 1 aromatic carbocycles. The molecule has 1 atom stereocenters. The van der Waals surface area contributed by atoms with Gasteiger partial charge < -0.3 is 15.3 Å². The van der Waals surface area contributed by atoms with Crippen LogP contribution in [-0.2, 0) is 9.59 Å². The highest BCUT2D eigenvalue weighted by Crippen LogP contribution is 2.24. The number of rotatable bonds is 8. The topological polar surface area (TPSA) is 113 Å². The number of nitrogens with zero attached hydrogens (tertiary/aromatic N) is 2. The zero-order chi connectivity index (χ0) is 18.2. The van der Waals surface area contributed by atoms with Crippen molar-refractivity contribution >= 4 is 23.3 Å². The minimum Gasteiger partial charge on any atom is -0.481 e. The molecule has 1 aromatic rings. The molecular weight excluding hydrogens is 326 g/mol. The van der Waals surface area contributed by atoms with Crippen LogP contribution in [0, 0.1) is 10.1 Å². The summed E-state index contributed by atoms with van der Waals surface area (Å²) in [5.41, 5.74) is 0.369. The van der Waals surface area contributed by atoms with E-state index in [1.165, 1.54) is 6.07 Å². The van der Waals surface area contributed by atoms with Crippen LogP contribution < -0.4 is 5.32 Å². The number of carboxylic acid groups (broad SMARTS) is 1. The maximum Gasteiger partial charge on any atom is 0.303 e. The summed E-state index contributed by atoms with van der Waals surface area (Å²) in [6.45, 7) is 0.945. The fraction of sp³-hybridized carbons (Fsp3) is 0.529. The van der Waals surface area contributed by atoms with Crippen LogP contribution in [0.3, 0.4) is 0 Å². The fourth-order valence-corrected chi connectivity index (χ4v) is 3.15. The number of nitrogens with one attached hydrogen (secondary N) is 1. The summed E-state index contributed by atoms with van der Waals surface area (Å²) < 4.78 is 0. The molecule has 1 heterocycles. The summed E-state index contributed by atoms with van der Waals surface area (Å²) in [6, 6.07) is 6.29. The van der Waals surface area contributed by atoms with Crippen molar-refractivity contribution in [3.63, 3.8) is 0 Å². The molecule has 25 heavy (non-hydrogen) atoms. The number of carbonyl (C=O) groups is 2. The minimum absolute atomic E-state index is 0.0211. The summed E-state index contributed by atoms with van der Waals surface area (Å²) in [5.74, 6) is -0.891. The Labute approximate surface area is 146 Å². The van der Waals surface area contributed by atoms with Gasteiger partial charge in [0, 0.05) is 38.0 Å². The molecule has 0 radical (unpaired) electrons. The fourth-order valence-electron chi connectivity index (χ4n) is 3.15. The van der Waals surface area contributed by atoms with Crippen LogP contribution in [0.1, 0.15) is 38.5 Å². The Morgan fingerprint density at radius 3 is 2.76 bits per heavy atom. The molecule has 2 rings (SSSR count). The summed E-state index contributed by atoms with van der Waals surface area (Å²) in [5, 5.41) is 22.8. The molecule has 136 valence electrons. The molecule has 1 fully saturated rings. The maximum absolute atomic E-state index is 12.5. The molecule has 0 aliphatic carbocycles. The standard InChI is InChI=1S/C17H23N3O5/c21-16(19-12-4-3-5-13(19)8-9-17(22)23)10-11-18-14-6-1-2-7-15(14)20(24)25/h1-2,6-7,13,18H,3-5,8-12H2,(H,22,23). The van der Waals surface area contributed by atoms with Crippen LogP contribution in [0.25, 0.3) is 0 Å². The van der Waals surface area contributed by atoms with Gasteiger partial charge in [-0.3, -0.25) is 19.7 Å². The summed E-state index contributed by atoms with van der Waals surface area (Å²) in [7, 11) is 0. The van der Waals surface area contributed by atoms with E-state index in [0.717, 1.165) is 19.3 Å². The normalized spacial score (nSPS) is 17.1. The third kappa shape index (κ3) is 5.44. The highest BCUT2D eigenvalue weighted by molar-refractivity contribution is 5.77. The SMILES string of the molecule is O=C(O)CCC1CCCCN1C(=O)CCNc1ccccc1[N+](=O)[O-]. The van der Waals surface area contributed by atoms with Crippen LogP contribution in [0.15, 0.2) is 24.3 Å². The van der Waals surface area contributed by atoms with E-state index in [1.54, 1.807) is 23.1 Å². The van der Waals surface area contributed by atoms with Gasteiger partial charge in [-0.25, -0.2) is 0 Å². The zero-order valence-electron chi connectivity index (χ0n) is 14.0. The molecule has 1 amide bonds. The highest BCUT2D eigenvalue weighted by Gasteiger charge is 2.26. The van der Waals surface area contributed by atoms with Gasteiger partial charge in [-0.05, 0) is 31.7 Å². The molecule has 8 nitrogen and oxygen atoms in total. The van der Waals surface area contributed by atoms with Crippen LogP contribution in [0.4, 0.5) is 11.4 Å². The Hall–Kier alpha value is -2.64. The number of benzene rings is 1. The van der Waals surface area contributed by atoms with Crippen molar-refractivity contribution in [2.24, 2.45) is 0 Å². The van der Waals surface area contributed by atoms with E-state index in [0.29, 0.717) is 25.2 Å². The first-order valence-electron chi connectivity index (χ1n) is 8.47. The van der Waals surface area contributed by atoms with E-state index in [2.05, 4.69) is 5.32 Å². The highest BCUT2D eigenvalue weighted by atomic mass is 16.6. The molecule has 0 spiro atoms. The van der Waals surface area contributed by atoms with Gasteiger partial charge in [0.25, 0.3) is 5.69 Å². The lowest BCUT2D eigenvalue weighted by Crippen LogP contribution is -2.44. The summed E-state index contributed by atoms with van der Waals surface area (Å²) >= 11 is 0. The van der Waals surface area contributed by atoms with Crippen LogP contribution in [0.2, 0.25) is 0 Å². The first-order chi connectivity index (χ1) is 12.0. The molecule has 1 unspecified atom stereocenters. The van der Waals surface area contributed by atoms with Gasteiger partial charge in [0.2, 0.25) is 5.91 Å². The number of hydrogen-bond donors (Lipinski definition) is 2. The molecule has 1 aliphatic heterocycles. The third-order valence-corrected chi connectivity index (χ3v) is 4.39. The van der Waals surface area contributed by atoms with Gasteiger partial charge >= 0.3 is 5.97 Å². The van der Waals surface area contributed by atoms with Crippen molar-refractivity contribution in [2.75, 3.05) is 18.4 Å². The Morgan fingerprint density at radius 1 is 1.28 bits per heavy atom. The Morgan fingerprint density at radius 2 is 2.04 bits per heavy atom. The monoisotopic (exact) mass is 349 g/mol. The van der Waals surface area contributed by atoms with E-state index < -0.39 is 10.9 Å². The first kappa shape index (κ1) is 18.7. The molecule has 0 aromatic heterocycles. The number of piperidine rings is 1. The first-order valence-corrected chi connectivity index (χ1v) is 8.47. The Balaban J connectivity index is 1.88. The number of para-hydroxylation sites is 2. The lowest BCUT2D eigenvalue weighted by molar-refractivity contribution is -0.384. The van der Waals surface area contributed by atoms with Crippen molar-refractivity contribution in [1.82, 2.24) is 4.90 Å². The quantitative estimate of drug-likeness (QED) is 0.551. The smallest absolute Gasteiger partial charge is 0.303 e. The van der Waals surface area contributed by atoms with Gasteiger partial charge in [-0.15, -0.1) is 0 Å². The number of anilines is 1. The maximum atomic E-state index is 12.5. The molecule has 0 saturated carbocycles. The number of carboxylic acids is 1. The van der Waals surface area contributed by atoms with E-state index in [4.69, 9.17) is 5.11 Å². The molecule has 2 N–H and O–H groups in total. The van der Waals surface area contributed by atoms with Gasteiger partial charge in [0.05, 0.1) is 4.92 Å². The summed E-state index contributed by atoms with van der Waals surface area (Å²) in [4.78, 5) is 35.5. The molecule has 8 heteroatoms. The Bertz CT molecular complexity index is 634. The number of nitro benzene ring substituents is 1. The lowest BCUT2D eigenvalue weighted by Gasteiger charge is -2.35. The van der Waals surface area contributed by atoms with Crippen molar-refractivity contribution in [1.29, 1.82) is 0 Å². The third-order valence-electron chi connectivity index (χ3n) is 4.39. The van der Waals surface area contributed by atoms with Gasteiger partial charge in [-0.1, -0.05) is 12.1 Å². The lowest BCUT2D eigenvalue weighted by atomic mass is 9.97. The second kappa shape index (κ2) is 9.00. The van der Waals surface area contributed by atoms with E-state index in [1.807, 2.05) is 0 Å². The second-order valence-electron chi connectivity index (χ2n) is 6.12. The van der Waals surface area contributed by atoms with Crippen molar-refractivity contribution in [3.05, 3.63) is 34.4 Å². The average molecular weight is 349 g/mol. The van der Waals surface area contributed by atoms with Crippen LogP contribution in [0.5, 0.6) is 0 Å².